The molecule has 0 spiro atoms. The van der Waals surface area contributed by atoms with Crippen LogP contribution in [0, 0.1) is 0 Å². The smallest absolute Gasteiger partial charge is 0.0881 e. The van der Waals surface area contributed by atoms with E-state index in [1.54, 1.807) is 0 Å². The van der Waals surface area contributed by atoms with Gasteiger partial charge in [0, 0.05) is 21.9 Å². The molecule has 0 radical (unpaired) electrons. The fourth-order valence-corrected chi connectivity index (χ4v) is 2.57. The van der Waals surface area contributed by atoms with Gasteiger partial charge in [-0.05, 0) is 30.5 Å². The van der Waals surface area contributed by atoms with Gasteiger partial charge in [0.1, 0.15) is 0 Å². The first kappa shape index (κ1) is 13.7. The molecule has 0 saturated carbocycles. The second-order valence-electron chi connectivity index (χ2n) is 3.95. The molecule has 1 aromatic heterocycles. The topological polar surface area (TPSA) is 96.0 Å². The minimum atomic E-state index is -1.43. The van der Waals surface area contributed by atoms with Crippen LogP contribution in [0.15, 0.2) is 12.1 Å². The highest BCUT2D eigenvalue weighted by Crippen LogP contribution is 2.33. The Morgan fingerprint density at radius 2 is 1.89 bits per heavy atom. The van der Waals surface area contributed by atoms with Gasteiger partial charge in [0.05, 0.1) is 16.7 Å². The number of H-pyrrole nitrogens is 1. The van der Waals surface area contributed by atoms with Crippen molar-refractivity contribution in [3.8, 4) is 0 Å². The van der Waals surface area contributed by atoms with Gasteiger partial charge in [-0.2, -0.15) is 0 Å². The molecule has 0 saturated heterocycles. The van der Waals surface area contributed by atoms with Crippen LogP contribution in [0.5, 0.6) is 0 Å². The van der Waals surface area contributed by atoms with Gasteiger partial charge in [0.15, 0.2) is 0 Å². The Hall–Kier alpha value is -1.72. The van der Waals surface area contributed by atoms with Crippen molar-refractivity contribution in [2.24, 2.45) is 0 Å². The van der Waals surface area contributed by atoms with Crippen LogP contribution in [0.2, 0.25) is 10.0 Å². The normalized spacial score (nSPS) is 10.8. The molecule has 1 heterocycles. The average Bonchev–Trinajstić information content (AvgIpc) is 2.64. The van der Waals surface area contributed by atoms with Crippen molar-refractivity contribution in [2.45, 2.75) is 12.8 Å². The van der Waals surface area contributed by atoms with Crippen molar-refractivity contribution < 1.29 is 19.8 Å². The van der Waals surface area contributed by atoms with E-state index in [2.05, 4.69) is 4.98 Å². The number of hydrogen-bond donors (Lipinski definition) is 1. The number of carboxylic acid groups (broad SMARTS) is 2. The summed E-state index contributed by atoms with van der Waals surface area (Å²) in [6.07, 6.45) is -0.334. The van der Waals surface area contributed by atoms with E-state index in [9.17, 15) is 19.8 Å². The third-order valence-electron chi connectivity index (χ3n) is 2.70. The summed E-state index contributed by atoms with van der Waals surface area (Å²) in [5, 5.41) is 22.6. The molecule has 0 aliphatic rings. The van der Waals surface area contributed by atoms with Gasteiger partial charge >= 0.3 is 0 Å². The first-order valence-corrected chi connectivity index (χ1v) is 6.06. The number of hydrogen-bond acceptors (Lipinski definition) is 4. The van der Waals surface area contributed by atoms with Gasteiger partial charge in [0.2, 0.25) is 0 Å². The number of halogens is 2. The minimum Gasteiger partial charge on any atom is -0.550 e. The largest absolute Gasteiger partial charge is 0.550 e. The molecular formula is C12H7Cl2NO4-2. The van der Waals surface area contributed by atoms with Gasteiger partial charge in [-0.15, -0.1) is 0 Å². The molecule has 0 fully saturated rings. The van der Waals surface area contributed by atoms with Gasteiger partial charge in [-0.1, -0.05) is 23.2 Å². The molecule has 100 valence electrons. The van der Waals surface area contributed by atoms with Gasteiger partial charge in [-0.3, -0.25) is 0 Å². The number of aromatic amines is 1. The van der Waals surface area contributed by atoms with E-state index in [-0.39, 0.29) is 29.1 Å². The number of aromatic nitrogens is 1. The molecular weight excluding hydrogens is 293 g/mol. The summed E-state index contributed by atoms with van der Waals surface area (Å²) in [6, 6.07) is 2.97. The van der Waals surface area contributed by atoms with Crippen molar-refractivity contribution in [1.82, 2.24) is 4.98 Å². The number of carbonyl (C=O) groups is 2. The summed E-state index contributed by atoms with van der Waals surface area (Å²) < 4.78 is 0. The van der Waals surface area contributed by atoms with Crippen molar-refractivity contribution >= 4 is 46.0 Å². The summed E-state index contributed by atoms with van der Waals surface area (Å²) in [4.78, 5) is 24.2. The standard InChI is InChI=1S/C12H9Cl2NO4/c13-5-3-7(14)10-6(1-2-9(16)17)11(12(18)19)15-8(10)4-5/h3-4,15H,1-2H2,(H,16,17)(H,18,19)/p-2. The predicted octanol–water partition coefficient (Wildman–Crippen LogP) is 0.521. The van der Waals surface area contributed by atoms with E-state index >= 15 is 0 Å². The van der Waals surface area contributed by atoms with E-state index in [4.69, 9.17) is 23.2 Å². The highest BCUT2D eigenvalue weighted by Gasteiger charge is 2.15. The highest BCUT2D eigenvalue weighted by atomic mass is 35.5. The number of nitrogens with one attached hydrogen (secondary N) is 1. The molecule has 0 aliphatic carbocycles. The fourth-order valence-electron chi connectivity index (χ4n) is 1.97. The lowest BCUT2D eigenvalue weighted by Crippen LogP contribution is -2.25. The zero-order valence-electron chi connectivity index (χ0n) is 9.46. The van der Waals surface area contributed by atoms with E-state index in [0.29, 0.717) is 15.9 Å². The zero-order chi connectivity index (χ0) is 14.2. The Kier molecular flexibility index (Phi) is 3.68. The van der Waals surface area contributed by atoms with Crippen LogP contribution in [0.1, 0.15) is 22.5 Å². The maximum absolute atomic E-state index is 11.1. The molecule has 1 N–H and O–H groups in total. The SMILES string of the molecule is O=C([O-])CCc1c(C(=O)[O-])[nH]c2cc(Cl)cc(Cl)c12. The van der Waals surface area contributed by atoms with Gasteiger partial charge < -0.3 is 24.8 Å². The molecule has 0 aliphatic heterocycles. The molecule has 0 unspecified atom stereocenters. The van der Waals surface area contributed by atoms with E-state index < -0.39 is 11.9 Å². The fraction of sp³-hybridized carbons (Fsp3) is 0.167. The number of benzene rings is 1. The lowest BCUT2D eigenvalue weighted by Gasteiger charge is -2.07. The first-order chi connectivity index (χ1) is 8.90. The predicted molar refractivity (Wildman–Crippen MR) is 66.0 cm³/mol. The molecule has 2 rings (SSSR count). The number of rotatable bonds is 4. The quantitative estimate of drug-likeness (QED) is 0.890. The van der Waals surface area contributed by atoms with Crippen LogP contribution in [0.3, 0.4) is 0 Å². The third-order valence-corrected chi connectivity index (χ3v) is 3.22. The highest BCUT2D eigenvalue weighted by molar-refractivity contribution is 6.39. The van der Waals surface area contributed by atoms with Crippen LogP contribution in [-0.2, 0) is 11.2 Å². The number of aliphatic carboxylic acids is 1. The summed E-state index contributed by atoms with van der Waals surface area (Å²) in [7, 11) is 0. The minimum absolute atomic E-state index is 0.0208. The average molecular weight is 300 g/mol. The molecule has 7 heteroatoms. The second-order valence-corrected chi connectivity index (χ2v) is 4.79. The van der Waals surface area contributed by atoms with Crippen LogP contribution in [0.4, 0.5) is 0 Å². The Morgan fingerprint density at radius 1 is 1.21 bits per heavy atom. The number of fused-ring (bicyclic) bond motifs is 1. The molecule has 0 bridgehead atoms. The molecule has 2 aromatic rings. The van der Waals surface area contributed by atoms with Crippen molar-refractivity contribution in [3.63, 3.8) is 0 Å². The van der Waals surface area contributed by atoms with E-state index in [1.807, 2.05) is 0 Å². The zero-order valence-corrected chi connectivity index (χ0v) is 11.0. The van der Waals surface area contributed by atoms with E-state index in [1.165, 1.54) is 12.1 Å². The van der Waals surface area contributed by atoms with Crippen LogP contribution >= 0.6 is 23.2 Å². The summed E-state index contributed by atoms with van der Waals surface area (Å²) in [5.41, 5.74) is 0.506. The van der Waals surface area contributed by atoms with Crippen molar-refractivity contribution in [3.05, 3.63) is 33.4 Å². The number of aryl methyl sites for hydroxylation is 1. The van der Waals surface area contributed by atoms with Crippen molar-refractivity contribution in [1.29, 1.82) is 0 Å². The van der Waals surface area contributed by atoms with Crippen LogP contribution < -0.4 is 10.2 Å². The Morgan fingerprint density at radius 3 is 2.47 bits per heavy atom. The molecule has 0 atom stereocenters. The van der Waals surface area contributed by atoms with Gasteiger partial charge in [-0.25, -0.2) is 0 Å². The maximum atomic E-state index is 11.1. The molecule has 5 nitrogen and oxygen atoms in total. The Bertz CT molecular complexity index is 678. The molecule has 19 heavy (non-hydrogen) atoms. The number of carbonyl (C=O) groups excluding carboxylic acids is 2. The second kappa shape index (κ2) is 5.11. The Labute approximate surface area is 117 Å². The number of aromatic carboxylic acids is 1. The Balaban J connectivity index is 2.65. The van der Waals surface area contributed by atoms with Crippen LogP contribution in [0.25, 0.3) is 10.9 Å². The van der Waals surface area contributed by atoms with Gasteiger partial charge in [0.25, 0.3) is 0 Å². The summed E-state index contributed by atoms with van der Waals surface area (Å²) in [5.74, 6) is -2.71. The lowest BCUT2D eigenvalue weighted by atomic mass is 10.1. The molecule has 1 aromatic carbocycles. The van der Waals surface area contributed by atoms with E-state index in [0.717, 1.165) is 0 Å². The van der Waals surface area contributed by atoms with Crippen molar-refractivity contribution in [2.75, 3.05) is 0 Å². The number of carboxylic acids is 2. The third kappa shape index (κ3) is 2.67. The monoisotopic (exact) mass is 299 g/mol. The maximum Gasteiger partial charge on any atom is 0.0881 e. The summed E-state index contributed by atoms with van der Waals surface area (Å²) in [6.45, 7) is 0. The molecule has 0 amide bonds. The first-order valence-electron chi connectivity index (χ1n) is 5.31. The lowest BCUT2D eigenvalue weighted by molar-refractivity contribution is -0.305. The van der Waals surface area contributed by atoms with Crippen LogP contribution in [-0.4, -0.2) is 16.9 Å². The summed E-state index contributed by atoms with van der Waals surface area (Å²) >= 11 is 11.8.